The van der Waals surface area contributed by atoms with Crippen LogP contribution in [0.1, 0.15) is 12.2 Å². The number of carbonyl (C=O) groups is 1. The molecule has 2 aromatic rings. The number of hydrogen-bond donors (Lipinski definition) is 1. The summed E-state index contributed by atoms with van der Waals surface area (Å²) < 4.78 is 5.83. The molecular formula is C17H16N2O2S2. The van der Waals surface area contributed by atoms with Crippen molar-refractivity contribution in [1.82, 2.24) is 4.90 Å². The van der Waals surface area contributed by atoms with Crippen molar-refractivity contribution in [3.63, 3.8) is 0 Å². The molecule has 2 heterocycles. The predicted molar refractivity (Wildman–Crippen MR) is 98.1 cm³/mol. The minimum absolute atomic E-state index is 0.0514. The van der Waals surface area contributed by atoms with Crippen LogP contribution in [0.25, 0.3) is 17.4 Å². The number of rotatable bonds is 5. The smallest absolute Gasteiger partial charge is 0.291 e. The topological polar surface area (TPSA) is 59.5 Å². The van der Waals surface area contributed by atoms with Gasteiger partial charge in [0.05, 0.1) is 4.91 Å². The number of hydrogen-bond acceptors (Lipinski definition) is 5. The Kier molecular flexibility index (Phi) is 4.95. The van der Waals surface area contributed by atoms with Crippen molar-refractivity contribution >= 4 is 40.3 Å². The van der Waals surface area contributed by atoms with E-state index in [4.69, 9.17) is 22.4 Å². The molecule has 0 radical (unpaired) electrons. The molecule has 1 fully saturated rings. The number of furan rings is 1. The molecule has 0 unspecified atom stereocenters. The minimum Gasteiger partial charge on any atom is -0.457 e. The second kappa shape index (κ2) is 7.12. The fraction of sp³-hybridized carbons (Fsp3) is 0.176. The molecule has 1 aliphatic heterocycles. The highest BCUT2D eigenvalue weighted by molar-refractivity contribution is 8.19. The van der Waals surface area contributed by atoms with Crippen LogP contribution < -0.4 is 5.73 Å². The van der Waals surface area contributed by atoms with Gasteiger partial charge < -0.3 is 10.2 Å². The van der Waals surface area contributed by atoms with Crippen molar-refractivity contribution in [1.29, 1.82) is 0 Å². The highest BCUT2D eigenvalue weighted by Crippen LogP contribution is 2.34. The van der Waals surface area contributed by atoms with Crippen LogP contribution in [0, 0.1) is 0 Å². The SMILES string of the molecule is NCCCN1C(=O)S/C(=C/c2ccc(-c3ccccc3)o2)C1=S. The molecule has 2 N–H and O–H groups in total. The van der Waals surface area contributed by atoms with E-state index in [9.17, 15) is 4.79 Å². The van der Waals surface area contributed by atoms with Crippen molar-refractivity contribution in [2.75, 3.05) is 13.1 Å². The van der Waals surface area contributed by atoms with Gasteiger partial charge >= 0.3 is 0 Å². The third-order valence-electron chi connectivity index (χ3n) is 3.42. The van der Waals surface area contributed by atoms with Gasteiger partial charge in [-0.3, -0.25) is 9.69 Å². The van der Waals surface area contributed by atoms with Gasteiger partial charge in [-0.15, -0.1) is 0 Å². The average Bonchev–Trinajstić information content (AvgIpc) is 3.13. The van der Waals surface area contributed by atoms with Crippen LogP contribution in [0.15, 0.2) is 51.8 Å². The van der Waals surface area contributed by atoms with E-state index in [2.05, 4.69) is 0 Å². The molecule has 1 aromatic heterocycles. The summed E-state index contributed by atoms with van der Waals surface area (Å²) in [6.07, 6.45) is 2.55. The summed E-state index contributed by atoms with van der Waals surface area (Å²) in [5.74, 6) is 1.47. The lowest BCUT2D eigenvalue weighted by atomic mass is 10.2. The van der Waals surface area contributed by atoms with Crippen molar-refractivity contribution in [2.24, 2.45) is 5.73 Å². The van der Waals surface area contributed by atoms with Crippen LogP contribution in [-0.4, -0.2) is 28.2 Å². The maximum atomic E-state index is 12.0. The summed E-state index contributed by atoms with van der Waals surface area (Å²) in [6.45, 7) is 1.10. The van der Waals surface area contributed by atoms with Crippen molar-refractivity contribution in [2.45, 2.75) is 6.42 Å². The van der Waals surface area contributed by atoms with Crippen LogP contribution in [0.2, 0.25) is 0 Å². The predicted octanol–water partition coefficient (Wildman–Crippen LogP) is 4.13. The van der Waals surface area contributed by atoms with Gasteiger partial charge in [0.1, 0.15) is 16.5 Å². The van der Waals surface area contributed by atoms with Crippen LogP contribution in [0.5, 0.6) is 0 Å². The maximum absolute atomic E-state index is 12.0. The van der Waals surface area contributed by atoms with E-state index >= 15 is 0 Å². The van der Waals surface area contributed by atoms with E-state index in [0.29, 0.717) is 23.8 Å². The molecule has 0 aliphatic carbocycles. The average molecular weight is 344 g/mol. The summed E-state index contributed by atoms with van der Waals surface area (Å²) >= 11 is 6.52. The summed E-state index contributed by atoms with van der Waals surface area (Å²) in [5.41, 5.74) is 6.51. The highest BCUT2D eigenvalue weighted by Gasteiger charge is 2.31. The van der Waals surface area contributed by atoms with Crippen LogP contribution in [-0.2, 0) is 0 Å². The van der Waals surface area contributed by atoms with Crippen LogP contribution in [0.4, 0.5) is 4.79 Å². The van der Waals surface area contributed by atoms with Crippen molar-refractivity contribution in [3.05, 3.63) is 53.1 Å². The van der Waals surface area contributed by atoms with Gasteiger partial charge in [0.2, 0.25) is 0 Å². The Morgan fingerprint density at radius 1 is 1.22 bits per heavy atom. The number of nitrogens with two attached hydrogens (primary N) is 1. The Bertz CT molecular complexity index is 753. The first-order valence-electron chi connectivity index (χ1n) is 7.30. The third-order valence-corrected chi connectivity index (χ3v) is 4.91. The fourth-order valence-corrected chi connectivity index (χ4v) is 3.53. The van der Waals surface area contributed by atoms with Gasteiger partial charge in [0.25, 0.3) is 5.24 Å². The second-order valence-electron chi connectivity index (χ2n) is 5.04. The normalized spacial score (nSPS) is 16.6. The number of thioether (sulfide) groups is 1. The molecular weight excluding hydrogens is 328 g/mol. The van der Waals surface area contributed by atoms with E-state index in [1.807, 2.05) is 48.5 Å². The highest BCUT2D eigenvalue weighted by atomic mass is 32.2. The molecule has 0 spiro atoms. The number of nitrogens with zero attached hydrogens (tertiary/aromatic N) is 1. The van der Waals surface area contributed by atoms with Crippen molar-refractivity contribution in [3.8, 4) is 11.3 Å². The first-order chi connectivity index (χ1) is 11.2. The fourth-order valence-electron chi connectivity index (χ4n) is 2.26. The van der Waals surface area contributed by atoms with Crippen molar-refractivity contribution < 1.29 is 9.21 Å². The van der Waals surface area contributed by atoms with E-state index < -0.39 is 0 Å². The molecule has 1 saturated heterocycles. The van der Waals surface area contributed by atoms with Gasteiger partial charge in [0, 0.05) is 12.1 Å². The Labute approximate surface area is 144 Å². The molecule has 0 saturated carbocycles. The van der Waals surface area contributed by atoms with Crippen LogP contribution in [0.3, 0.4) is 0 Å². The summed E-state index contributed by atoms with van der Waals surface area (Å²) in [5, 5.41) is -0.0514. The lowest BCUT2D eigenvalue weighted by Gasteiger charge is -2.13. The van der Waals surface area contributed by atoms with E-state index in [0.717, 1.165) is 34.4 Å². The molecule has 0 atom stereocenters. The molecule has 1 amide bonds. The third kappa shape index (κ3) is 3.55. The molecule has 1 aromatic carbocycles. The number of benzene rings is 1. The molecule has 1 aliphatic rings. The second-order valence-corrected chi connectivity index (χ2v) is 6.42. The molecule has 3 rings (SSSR count). The van der Waals surface area contributed by atoms with Gasteiger partial charge in [-0.1, -0.05) is 42.5 Å². The van der Waals surface area contributed by atoms with Crippen LogP contribution >= 0.6 is 24.0 Å². The van der Waals surface area contributed by atoms with Gasteiger partial charge in [-0.2, -0.15) is 0 Å². The lowest BCUT2D eigenvalue weighted by molar-refractivity contribution is 0.245. The Morgan fingerprint density at radius 2 is 2.00 bits per heavy atom. The first kappa shape index (κ1) is 16.0. The minimum atomic E-state index is -0.0514. The Balaban J connectivity index is 1.79. The molecule has 23 heavy (non-hydrogen) atoms. The standard InChI is InChI=1S/C17H16N2O2S2/c18-9-4-10-19-16(22)15(23-17(19)20)11-13-7-8-14(21-13)12-5-2-1-3-6-12/h1-3,5-8,11H,4,9-10,18H2/b15-11+. The van der Waals surface area contributed by atoms with E-state index in [-0.39, 0.29) is 5.24 Å². The zero-order valence-corrected chi connectivity index (χ0v) is 14.0. The zero-order chi connectivity index (χ0) is 16.2. The van der Waals surface area contributed by atoms with E-state index in [1.54, 1.807) is 4.90 Å². The monoisotopic (exact) mass is 344 g/mol. The summed E-state index contributed by atoms with van der Waals surface area (Å²) in [7, 11) is 0. The van der Waals surface area contributed by atoms with Gasteiger partial charge in [-0.25, -0.2) is 0 Å². The Hall–Kier alpha value is -1.89. The number of thiocarbonyl (C=S) groups is 1. The van der Waals surface area contributed by atoms with E-state index in [1.165, 1.54) is 0 Å². The molecule has 0 bridgehead atoms. The molecule has 6 heteroatoms. The zero-order valence-electron chi connectivity index (χ0n) is 12.4. The van der Waals surface area contributed by atoms with Gasteiger partial charge in [0.15, 0.2) is 0 Å². The molecule has 4 nitrogen and oxygen atoms in total. The summed E-state index contributed by atoms with van der Waals surface area (Å²) in [4.78, 5) is 14.9. The summed E-state index contributed by atoms with van der Waals surface area (Å²) in [6, 6.07) is 13.7. The number of carbonyl (C=O) groups excluding carboxylic acids is 1. The lowest BCUT2D eigenvalue weighted by Crippen LogP contribution is -2.29. The maximum Gasteiger partial charge on any atom is 0.291 e. The quantitative estimate of drug-likeness (QED) is 0.653. The number of amides is 1. The largest absolute Gasteiger partial charge is 0.457 e. The molecule has 118 valence electrons. The van der Waals surface area contributed by atoms with Gasteiger partial charge in [-0.05, 0) is 42.9 Å². The first-order valence-corrected chi connectivity index (χ1v) is 8.52. The Morgan fingerprint density at radius 3 is 2.74 bits per heavy atom.